The Morgan fingerprint density at radius 1 is 0.538 bits per heavy atom. The molecule has 1 unspecified atom stereocenters. The molecule has 0 aromatic heterocycles. The van der Waals surface area contributed by atoms with Gasteiger partial charge in [-0.25, -0.2) is 0 Å². The molecule has 10 rings (SSSR count). The van der Waals surface area contributed by atoms with Gasteiger partial charge >= 0.3 is 0 Å². The molecule has 2 nitrogen and oxygen atoms in total. The van der Waals surface area contributed by atoms with E-state index in [0.29, 0.717) is 6.61 Å². The molecule has 0 radical (unpaired) electrons. The van der Waals surface area contributed by atoms with Crippen LogP contribution in [0, 0.1) is 0 Å². The molecule has 1 aliphatic heterocycles. The summed E-state index contributed by atoms with van der Waals surface area (Å²) in [5, 5.41) is 0. The third-order valence-corrected chi connectivity index (χ3v) is 11.2. The molecule has 0 saturated carbocycles. The van der Waals surface area contributed by atoms with E-state index >= 15 is 0 Å². The van der Waals surface area contributed by atoms with Gasteiger partial charge < -0.3 is 9.64 Å². The van der Waals surface area contributed by atoms with Crippen molar-refractivity contribution in [1.29, 1.82) is 0 Å². The van der Waals surface area contributed by atoms with Crippen LogP contribution in [0.3, 0.4) is 0 Å². The average Bonchev–Trinajstić information content (AvgIpc) is 3.70. The number of benzene rings is 7. The molecule has 248 valence electrons. The summed E-state index contributed by atoms with van der Waals surface area (Å²) >= 11 is 0. The summed E-state index contributed by atoms with van der Waals surface area (Å²) in [5.41, 5.74) is 17.0. The van der Waals surface area contributed by atoms with Gasteiger partial charge in [-0.1, -0.05) is 159 Å². The molecule has 52 heavy (non-hydrogen) atoms. The van der Waals surface area contributed by atoms with Crippen molar-refractivity contribution in [2.24, 2.45) is 0 Å². The van der Waals surface area contributed by atoms with Gasteiger partial charge in [-0.2, -0.15) is 0 Å². The molecule has 0 saturated heterocycles. The highest BCUT2D eigenvalue weighted by molar-refractivity contribution is 6.01. The number of hydrogen-bond acceptors (Lipinski definition) is 2. The molecular weight excluding hydrogens is 631 g/mol. The van der Waals surface area contributed by atoms with Crippen LogP contribution >= 0.6 is 0 Å². The number of rotatable bonds is 4. The van der Waals surface area contributed by atoms with E-state index in [4.69, 9.17) is 4.74 Å². The summed E-state index contributed by atoms with van der Waals surface area (Å²) in [6.45, 7) is 2.75. The number of nitrogens with zero attached hydrogens (tertiary/aromatic N) is 1. The Morgan fingerprint density at radius 3 is 1.87 bits per heavy atom. The van der Waals surface area contributed by atoms with Crippen molar-refractivity contribution in [1.82, 2.24) is 0 Å². The molecule has 2 heteroatoms. The van der Waals surface area contributed by atoms with E-state index < -0.39 is 5.41 Å². The van der Waals surface area contributed by atoms with Gasteiger partial charge in [0.05, 0.1) is 11.1 Å². The van der Waals surface area contributed by atoms with Crippen LogP contribution in [0.4, 0.5) is 17.1 Å². The van der Waals surface area contributed by atoms with Crippen molar-refractivity contribution in [3.8, 4) is 39.1 Å². The third kappa shape index (κ3) is 4.50. The maximum atomic E-state index is 6.47. The molecule has 0 bridgehead atoms. The van der Waals surface area contributed by atoms with Crippen LogP contribution in [0.1, 0.15) is 40.7 Å². The first-order valence-electron chi connectivity index (χ1n) is 18.2. The number of ether oxygens (including phenoxy) is 1. The van der Waals surface area contributed by atoms with Crippen LogP contribution in [0.15, 0.2) is 188 Å². The van der Waals surface area contributed by atoms with E-state index in [0.717, 1.165) is 22.8 Å². The second-order valence-corrected chi connectivity index (χ2v) is 14.0. The van der Waals surface area contributed by atoms with Gasteiger partial charge in [0, 0.05) is 34.5 Å². The molecule has 0 fully saturated rings. The fourth-order valence-electron chi connectivity index (χ4n) is 8.94. The number of fused-ring (bicyclic) bond motifs is 11. The van der Waals surface area contributed by atoms with E-state index in [9.17, 15) is 0 Å². The SMILES string of the molecule is CC1/C=C\C=C/COc2cc(N(c3ccc(-c4ccccc4)cc3)c3cccc4c3-c3ccccc3C43c4ccccc4-c4ccccc43)ccc21. The van der Waals surface area contributed by atoms with E-state index in [1.807, 2.05) is 0 Å². The lowest BCUT2D eigenvalue weighted by Crippen LogP contribution is -2.26. The van der Waals surface area contributed by atoms with Gasteiger partial charge in [0.15, 0.2) is 0 Å². The normalized spacial score (nSPS) is 16.9. The minimum atomic E-state index is -0.417. The third-order valence-electron chi connectivity index (χ3n) is 11.2. The minimum Gasteiger partial charge on any atom is -0.489 e. The predicted molar refractivity (Wildman–Crippen MR) is 215 cm³/mol. The van der Waals surface area contributed by atoms with Gasteiger partial charge in [-0.05, 0) is 80.4 Å². The van der Waals surface area contributed by atoms with E-state index in [1.54, 1.807) is 0 Å². The number of allylic oxidation sites excluding steroid dienone is 3. The average molecular weight is 668 g/mol. The number of hydrogen-bond donors (Lipinski definition) is 0. The molecule has 7 aromatic carbocycles. The van der Waals surface area contributed by atoms with E-state index in [2.05, 4.69) is 200 Å². The van der Waals surface area contributed by atoms with Crippen LogP contribution in [-0.4, -0.2) is 6.61 Å². The quantitative estimate of drug-likeness (QED) is 0.185. The Balaban J connectivity index is 1.23. The van der Waals surface area contributed by atoms with Crippen LogP contribution in [0.2, 0.25) is 0 Å². The monoisotopic (exact) mass is 667 g/mol. The maximum Gasteiger partial charge on any atom is 0.125 e. The Labute approximate surface area is 305 Å². The molecule has 0 N–H and O–H groups in total. The molecule has 1 spiro atoms. The van der Waals surface area contributed by atoms with Crippen molar-refractivity contribution in [3.63, 3.8) is 0 Å². The van der Waals surface area contributed by atoms with Gasteiger partial charge in [0.2, 0.25) is 0 Å². The highest BCUT2D eigenvalue weighted by Gasteiger charge is 2.52. The Bertz CT molecular complexity index is 2500. The fourth-order valence-corrected chi connectivity index (χ4v) is 8.94. The first kappa shape index (κ1) is 30.4. The summed E-state index contributed by atoms with van der Waals surface area (Å²) in [7, 11) is 0. The lowest BCUT2D eigenvalue weighted by atomic mass is 9.70. The van der Waals surface area contributed by atoms with Crippen molar-refractivity contribution in [3.05, 3.63) is 216 Å². The van der Waals surface area contributed by atoms with Crippen molar-refractivity contribution in [2.45, 2.75) is 18.3 Å². The van der Waals surface area contributed by atoms with Gasteiger partial charge in [-0.3, -0.25) is 0 Å². The zero-order valence-corrected chi connectivity index (χ0v) is 29.0. The zero-order chi connectivity index (χ0) is 34.6. The van der Waals surface area contributed by atoms with E-state index in [-0.39, 0.29) is 5.92 Å². The summed E-state index contributed by atoms with van der Waals surface area (Å²) in [4.78, 5) is 2.43. The summed E-state index contributed by atoms with van der Waals surface area (Å²) in [6.07, 6.45) is 8.51. The Hall–Kier alpha value is -6.38. The van der Waals surface area contributed by atoms with Crippen LogP contribution < -0.4 is 9.64 Å². The highest BCUT2D eigenvalue weighted by Crippen LogP contribution is 2.64. The Morgan fingerprint density at radius 2 is 1.13 bits per heavy atom. The standard InChI is InChI=1S/C50H37NO/c1-34-15-4-3-13-32-52-48-33-38(30-31-39(34)48)51(37-28-26-36(27-29-37)35-16-5-2-6-17-35)47-25-14-24-46-49(47)42-20-9-12-23-45(42)50(46)43-21-10-7-18-40(43)41-19-8-11-22-44(41)50/h2-31,33-34H,32H2,1H3/b13-3-,15-4-. The maximum absolute atomic E-state index is 6.47. The molecule has 0 amide bonds. The highest BCUT2D eigenvalue weighted by atomic mass is 16.5. The fraction of sp³-hybridized carbons (Fsp3) is 0.0800. The predicted octanol–water partition coefficient (Wildman–Crippen LogP) is 12.8. The molecule has 2 aliphatic carbocycles. The minimum absolute atomic E-state index is 0.223. The van der Waals surface area contributed by atoms with Gasteiger partial charge in [-0.15, -0.1) is 0 Å². The summed E-state index contributed by atoms with van der Waals surface area (Å²) in [6, 6.07) is 60.3. The lowest BCUT2D eigenvalue weighted by Gasteiger charge is -2.32. The summed E-state index contributed by atoms with van der Waals surface area (Å²) < 4.78 is 6.47. The second-order valence-electron chi connectivity index (χ2n) is 14.0. The molecule has 3 aliphatic rings. The van der Waals surface area contributed by atoms with Gasteiger partial charge in [0.25, 0.3) is 0 Å². The molecular formula is C50H37NO. The molecule has 1 heterocycles. The first-order valence-corrected chi connectivity index (χ1v) is 18.2. The zero-order valence-electron chi connectivity index (χ0n) is 29.0. The van der Waals surface area contributed by atoms with Crippen LogP contribution in [-0.2, 0) is 5.41 Å². The number of anilines is 3. The van der Waals surface area contributed by atoms with Crippen LogP contribution in [0.25, 0.3) is 33.4 Å². The van der Waals surface area contributed by atoms with Gasteiger partial charge in [0.1, 0.15) is 12.4 Å². The van der Waals surface area contributed by atoms with Crippen molar-refractivity contribution in [2.75, 3.05) is 11.5 Å². The smallest absolute Gasteiger partial charge is 0.125 e. The lowest BCUT2D eigenvalue weighted by molar-refractivity contribution is 0.358. The largest absolute Gasteiger partial charge is 0.489 e. The van der Waals surface area contributed by atoms with Crippen molar-refractivity contribution < 1.29 is 4.74 Å². The first-order chi connectivity index (χ1) is 25.7. The summed E-state index contributed by atoms with van der Waals surface area (Å²) in [5.74, 6) is 1.14. The Kier molecular flexibility index (Phi) is 7.11. The van der Waals surface area contributed by atoms with E-state index in [1.165, 1.54) is 61.2 Å². The molecule has 1 atom stereocenters. The second kappa shape index (κ2) is 12.1. The van der Waals surface area contributed by atoms with Crippen molar-refractivity contribution >= 4 is 17.1 Å². The topological polar surface area (TPSA) is 12.5 Å². The molecule has 7 aromatic rings. The van der Waals surface area contributed by atoms with Crippen LogP contribution in [0.5, 0.6) is 5.75 Å².